The standard InChI is InChI=1S/C11H16FN/c1-3-6-10-7-4-5-8-13-9(2)11(10)12/h5,8H,3-4,6-7H2,1-2H3/b8-5-,11-10+,13-9+. The third-order valence-electron chi connectivity index (χ3n) is 2.17. The first kappa shape index (κ1) is 10.2. The Hall–Kier alpha value is -0.920. The van der Waals surface area contributed by atoms with Crippen LogP contribution in [0.3, 0.4) is 0 Å². The molecule has 0 unspecified atom stereocenters. The molecule has 1 rings (SSSR count). The summed E-state index contributed by atoms with van der Waals surface area (Å²) < 4.78 is 13.6. The topological polar surface area (TPSA) is 12.4 Å². The first-order chi connectivity index (χ1) is 6.25. The van der Waals surface area contributed by atoms with E-state index in [1.54, 1.807) is 13.1 Å². The van der Waals surface area contributed by atoms with Crippen molar-refractivity contribution in [3.8, 4) is 0 Å². The summed E-state index contributed by atoms with van der Waals surface area (Å²) in [5.41, 5.74) is 1.44. The predicted octanol–water partition coefficient (Wildman–Crippen LogP) is 3.78. The molecule has 0 aromatic rings. The summed E-state index contributed by atoms with van der Waals surface area (Å²) in [5, 5.41) is 0. The maximum absolute atomic E-state index is 13.6. The van der Waals surface area contributed by atoms with E-state index in [1.165, 1.54) is 0 Å². The molecule has 0 aliphatic carbocycles. The van der Waals surface area contributed by atoms with Crippen LogP contribution in [-0.2, 0) is 0 Å². The van der Waals surface area contributed by atoms with Crippen LogP contribution in [0, 0.1) is 0 Å². The molecule has 0 saturated heterocycles. The second kappa shape index (κ2) is 4.95. The van der Waals surface area contributed by atoms with E-state index in [0.717, 1.165) is 31.3 Å². The Labute approximate surface area is 79.1 Å². The Morgan fingerprint density at radius 2 is 2.31 bits per heavy atom. The normalized spacial score (nSPS) is 30.2. The average Bonchev–Trinajstić information content (AvgIpc) is 2.12. The van der Waals surface area contributed by atoms with Crippen molar-refractivity contribution in [2.24, 2.45) is 4.99 Å². The van der Waals surface area contributed by atoms with Crippen molar-refractivity contribution in [2.45, 2.75) is 39.5 Å². The fourth-order valence-electron chi connectivity index (χ4n) is 1.46. The van der Waals surface area contributed by atoms with Gasteiger partial charge in [0, 0.05) is 6.20 Å². The van der Waals surface area contributed by atoms with Gasteiger partial charge >= 0.3 is 0 Å². The minimum absolute atomic E-state index is 0.0915. The number of hydrogen-bond acceptors (Lipinski definition) is 1. The monoisotopic (exact) mass is 181 g/mol. The lowest BCUT2D eigenvalue weighted by Crippen LogP contribution is -1.99. The number of hydrogen-bond donors (Lipinski definition) is 0. The van der Waals surface area contributed by atoms with Crippen molar-refractivity contribution in [3.05, 3.63) is 23.7 Å². The molecule has 13 heavy (non-hydrogen) atoms. The van der Waals surface area contributed by atoms with Gasteiger partial charge in [0.25, 0.3) is 0 Å². The van der Waals surface area contributed by atoms with E-state index in [0.29, 0.717) is 5.71 Å². The van der Waals surface area contributed by atoms with Gasteiger partial charge in [0.1, 0.15) is 5.83 Å². The smallest absolute Gasteiger partial charge is 0.143 e. The first-order valence-electron chi connectivity index (χ1n) is 4.83. The predicted molar refractivity (Wildman–Crippen MR) is 54.5 cm³/mol. The maximum atomic E-state index is 13.6. The largest absolute Gasteiger partial charge is 0.259 e. The molecule has 1 nitrogen and oxygen atoms in total. The quantitative estimate of drug-likeness (QED) is 0.614. The van der Waals surface area contributed by atoms with Crippen molar-refractivity contribution >= 4 is 5.71 Å². The highest BCUT2D eigenvalue weighted by Gasteiger charge is 2.09. The molecular formula is C11H16FN. The summed E-state index contributed by atoms with van der Waals surface area (Å²) >= 11 is 0. The van der Waals surface area contributed by atoms with Gasteiger partial charge in [-0.3, -0.25) is 4.99 Å². The van der Waals surface area contributed by atoms with E-state index in [-0.39, 0.29) is 5.83 Å². The lowest BCUT2D eigenvalue weighted by Gasteiger charge is -2.08. The van der Waals surface area contributed by atoms with Gasteiger partial charge in [-0.05, 0) is 31.8 Å². The molecule has 0 fully saturated rings. The first-order valence-corrected chi connectivity index (χ1v) is 4.83. The molecule has 1 aliphatic heterocycles. The van der Waals surface area contributed by atoms with Crippen LogP contribution in [-0.4, -0.2) is 5.71 Å². The van der Waals surface area contributed by atoms with Crippen LogP contribution in [0.15, 0.2) is 28.7 Å². The second-order valence-corrected chi connectivity index (χ2v) is 3.31. The van der Waals surface area contributed by atoms with E-state index in [2.05, 4.69) is 11.9 Å². The van der Waals surface area contributed by atoms with Gasteiger partial charge in [-0.15, -0.1) is 0 Å². The molecule has 0 saturated carbocycles. The SMILES string of the molecule is CCC/C1=C(F)/C(C)=N/C=C\CC1. The molecule has 0 radical (unpaired) electrons. The molecule has 72 valence electrons. The summed E-state index contributed by atoms with van der Waals surface area (Å²) in [4.78, 5) is 4.00. The second-order valence-electron chi connectivity index (χ2n) is 3.31. The summed E-state index contributed by atoms with van der Waals surface area (Å²) in [5.74, 6) is -0.0915. The summed E-state index contributed by atoms with van der Waals surface area (Å²) in [6.07, 6.45) is 7.28. The molecule has 0 spiro atoms. The van der Waals surface area contributed by atoms with E-state index >= 15 is 0 Å². The van der Waals surface area contributed by atoms with Crippen molar-refractivity contribution in [2.75, 3.05) is 0 Å². The van der Waals surface area contributed by atoms with E-state index < -0.39 is 0 Å². The van der Waals surface area contributed by atoms with Crippen molar-refractivity contribution in [1.82, 2.24) is 0 Å². The molecule has 0 aromatic heterocycles. The van der Waals surface area contributed by atoms with Gasteiger partial charge < -0.3 is 0 Å². The van der Waals surface area contributed by atoms with Crippen LogP contribution in [0.25, 0.3) is 0 Å². The molecule has 0 atom stereocenters. The minimum Gasteiger partial charge on any atom is -0.259 e. The van der Waals surface area contributed by atoms with Crippen molar-refractivity contribution in [3.63, 3.8) is 0 Å². The van der Waals surface area contributed by atoms with Gasteiger partial charge in [-0.25, -0.2) is 4.39 Å². The Morgan fingerprint density at radius 3 is 3.00 bits per heavy atom. The fourth-order valence-corrected chi connectivity index (χ4v) is 1.46. The van der Waals surface area contributed by atoms with Crippen LogP contribution in [0.4, 0.5) is 4.39 Å². The average molecular weight is 181 g/mol. The Balaban J connectivity index is 2.88. The maximum Gasteiger partial charge on any atom is 0.143 e. The third-order valence-corrected chi connectivity index (χ3v) is 2.17. The molecular weight excluding hydrogens is 165 g/mol. The van der Waals surface area contributed by atoms with Crippen LogP contribution in [0.1, 0.15) is 39.5 Å². The van der Waals surface area contributed by atoms with Gasteiger partial charge in [-0.2, -0.15) is 0 Å². The number of nitrogens with zero attached hydrogens (tertiary/aromatic N) is 1. The minimum atomic E-state index is -0.0915. The molecule has 0 aromatic carbocycles. The van der Waals surface area contributed by atoms with Crippen LogP contribution in [0.2, 0.25) is 0 Å². The van der Waals surface area contributed by atoms with Crippen LogP contribution < -0.4 is 0 Å². The number of halogens is 1. The number of rotatable bonds is 2. The van der Waals surface area contributed by atoms with Gasteiger partial charge in [0.05, 0.1) is 5.71 Å². The molecule has 2 heteroatoms. The summed E-state index contributed by atoms with van der Waals surface area (Å²) in [6, 6.07) is 0. The van der Waals surface area contributed by atoms with E-state index in [9.17, 15) is 4.39 Å². The fraction of sp³-hybridized carbons (Fsp3) is 0.545. The van der Waals surface area contributed by atoms with Gasteiger partial charge in [0.15, 0.2) is 0 Å². The summed E-state index contributed by atoms with van der Waals surface area (Å²) in [6.45, 7) is 3.79. The third kappa shape index (κ3) is 2.79. The lowest BCUT2D eigenvalue weighted by atomic mass is 10.0. The van der Waals surface area contributed by atoms with Crippen LogP contribution in [0.5, 0.6) is 0 Å². The Kier molecular flexibility index (Phi) is 3.87. The van der Waals surface area contributed by atoms with Crippen LogP contribution >= 0.6 is 0 Å². The molecule has 1 heterocycles. The van der Waals surface area contributed by atoms with Gasteiger partial charge in [-0.1, -0.05) is 19.4 Å². The zero-order valence-corrected chi connectivity index (χ0v) is 8.31. The highest BCUT2D eigenvalue weighted by atomic mass is 19.1. The summed E-state index contributed by atoms with van der Waals surface area (Å²) in [7, 11) is 0. The molecule has 0 amide bonds. The van der Waals surface area contributed by atoms with E-state index in [4.69, 9.17) is 0 Å². The lowest BCUT2D eigenvalue weighted by molar-refractivity contribution is 0.640. The zero-order chi connectivity index (χ0) is 9.68. The molecule has 0 bridgehead atoms. The Bertz CT molecular complexity index is 261. The Morgan fingerprint density at radius 1 is 1.54 bits per heavy atom. The number of allylic oxidation sites excluding steroid dienone is 3. The van der Waals surface area contributed by atoms with Gasteiger partial charge in [0.2, 0.25) is 0 Å². The highest BCUT2D eigenvalue weighted by molar-refractivity contribution is 5.97. The van der Waals surface area contributed by atoms with E-state index in [1.807, 2.05) is 6.08 Å². The zero-order valence-electron chi connectivity index (χ0n) is 8.31. The number of aliphatic imine (C=N–C) groups is 1. The highest BCUT2D eigenvalue weighted by Crippen LogP contribution is 2.21. The molecule has 0 N–H and O–H groups in total. The van der Waals surface area contributed by atoms with Crippen molar-refractivity contribution in [1.29, 1.82) is 0 Å². The van der Waals surface area contributed by atoms with Crippen molar-refractivity contribution < 1.29 is 4.39 Å². The molecule has 1 aliphatic rings.